The Labute approximate surface area is 123 Å². The molecule has 0 spiro atoms. The Kier molecular flexibility index (Phi) is 4.11. The maximum absolute atomic E-state index is 3.71. The van der Waals surface area contributed by atoms with E-state index in [0.717, 1.165) is 13.1 Å². The van der Waals surface area contributed by atoms with Crippen molar-refractivity contribution in [2.24, 2.45) is 0 Å². The zero-order valence-electron chi connectivity index (χ0n) is 13.0. The minimum atomic E-state index is 0.503. The molecule has 3 unspecified atom stereocenters. The Morgan fingerprint density at radius 3 is 2.60 bits per heavy atom. The lowest BCUT2D eigenvalue weighted by molar-refractivity contribution is 0.0538. The molecule has 2 heterocycles. The average molecular weight is 273 g/mol. The summed E-state index contributed by atoms with van der Waals surface area (Å²) in [6, 6.07) is 10.7. The second-order valence-electron chi connectivity index (χ2n) is 6.54. The highest BCUT2D eigenvalue weighted by molar-refractivity contribution is 5.32. The van der Waals surface area contributed by atoms with Gasteiger partial charge in [0.15, 0.2) is 0 Å². The highest BCUT2D eigenvalue weighted by Crippen LogP contribution is 2.24. The largest absolute Gasteiger partial charge is 0.309 e. The quantitative estimate of drug-likeness (QED) is 0.888. The highest BCUT2D eigenvalue weighted by atomic mass is 15.3. The van der Waals surface area contributed by atoms with Crippen LogP contribution in [0.2, 0.25) is 0 Å². The van der Waals surface area contributed by atoms with E-state index >= 15 is 0 Å². The van der Waals surface area contributed by atoms with Crippen LogP contribution in [0.5, 0.6) is 0 Å². The number of hydrogen-bond donors (Lipinski definition) is 1. The Morgan fingerprint density at radius 1 is 1.15 bits per heavy atom. The standard InChI is InChI=1S/C17H27N3/c1-13-10-20(11-14(2)19(13)3)12-17-16-7-5-4-6-15(16)8-9-18-17/h4-7,13-14,17-18H,8-12H2,1-3H3. The highest BCUT2D eigenvalue weighted by Gasteiger charge is 2.29. The molecule has 1 aromatic rings. The van der Waals surface area contributed by atoms with Crippen LogP contribution in [0.25, 0.3) is 0 Å². The van der Waals surface area contributed by atoms with Crippen molar-refractivity contribution < 1.29 is 0 Å². The van der Waals surface area contributed by atoms with Crippen LogP contribution in [0.4, 0.5) is 0 Å². The van der Waals surface area contributed by atoms with Gasteiger partial charge in [-0.1, -0.05) is 24.3 Å². The van der Waals surface area contributed by atoms with E-state index in [1.165, 1.54) is 30.6 Å². The molecule has 3 heteroatoms. The van der Waals surface area contributed by atoms with Gasteiger partial charge in [-0.25, -0.2) is 0 Å². The van der Waals surface area contributed by atoms with Crippen molar-refractivity contribution in [1.29, 1.82) is 0 Å². The maximum atomic E-state index is 3.71. The van der Waals surface area contributed by atoms with Gasteiger partial charge in [0.2, 0.25) is 0 Å². The smallest absolute Gasteiger partial charge is 0.0452 e. The summed E-state index contributed by atoms with van der Waals surface area (Å²) in [5, 5.41) is 3.71. The van der Waals surface area contributed by atoms with Crippen LogP contribution in [-0.4, -0.2) is 55.1 Å². The van der Waals surface area contributed by atoms with Crippen LogP contribution in [-0.2, 0) is 6.42 Å². The summed E-state index contributed by atoms with van der Waals surface area (Å²) < 4.78 is 0. The van der Waals surface area contributed by atoms with Gasteiger partial charge in [0.1, 0.15) is 0 Å². The molecular formula is C17H27N3. The van der Waals surface area contributed by atoms with Crippen molar-refractivity contribution in [3.8, 4) is 0 Å². The van der Waals surface area contributed by atoms with Crippen LogP contribution in [0.3, 0.4) is 0 Å². The third-order valence-electron chi connectivity index (χ3n) is 5.09. The minimum Gasteiger partial charge on any atom is -0.309 e. The van der Waals surface area contributed by atoms with Gasteiger partial charge in [0.05, 0.1) is 0 Å². The van der Waals surface area contributed by atoms with Crippen molar-refractivity contribution >= 4 is 0 Å². The number of hydrogen-bond acceptors (Lipinski definition) is 3. The van der Waals surface area contributed by atoms with E-state index < -0.39 is 0 Å². The Morgan fingerprint density at radius 2 is 1.85 bits per heavy atom. The Bertz CT molecular complexity index is 447. The van der Waals surface area contributed by atoms with Crippen LogP contribution in [0.15, 0.2) is 24.3 Å². The third kappa shape index (κ3) is 2.76. The van der Waals surface area contributed by atoms with E-state index in [9.17, 15) is 0 Å². The molecule has 1 aromatic carbocycles. The molecule has 0 amide bonds. The zero-order valence-corrected chi connectivity index (χ0v) is 13.0. The molecule has 3 rings (SSSR count). The second kappa shape index (κ2) is 5.84. The zero-order chi connectivity index (χ0) is 14.1. The lowest BCUT2D eigenvalue weighted by Crippen LogP contribution is -2.56. The third-order valence-corrected chi connectivity index (χ3v) is 5.09. The molecule has 1 fully saturated rings. The predicted molar refractivity (Wildman–Crippen MR) is 84.0 cm³/mol. The fraction of sp³-hybridized carbons (Fsp3) is 0.647. The molecule has 1 saturated heterocycles. The summed E-state index contributed by atoms with van der Waals surface area (Å²) in [7, 11) is 2.25. The molecule has 3 nitrogen and oxygen atoms in total. The fourth-order valence-electron chi connectivity index (χ4n) is 3.68. The van der Waals surface area contributed by atoms with Crippen molar-refractivity contribution in [3.63, 3.8) is 0 Å². The second-order valence-corrected chi connectivity index (χ2v) is 6.54. The molecule has 0 saturated carbocycles. The van der Waals surface area contributed by atoms with Crippen molar-refractivity contribution in [2.75, 3.05) is 33.2 Å². The van der Waals surface area contributed by atoms with Gasteiger partial charge < -0.3 is 5.32 Å². The van der Waals surface area contributed by atoms with Gasteiger partial charge in [0, 0.05) is 37.8 Å². The monoisotopic (exact) mass is 273 g/mol. The summed E-state index contributed by atoms with van der Waals surface area (Å²) in [6.07, 6.45) is 1.17. The first-order chi connectivity index (χ1) is 9.65. The van der Waals surface area contributed by atoms with Crippen LogP contribution in [0.1, 0.15) is 31.0 Å². The van der Waals surface area contributed by atoms with Crippen molar-refractivity contribution in [3.05, 3.63) is 35.4 Å². The van der Waals surface area contributed by atoms with Gasteiger partial charge in [-0.3, -0.25) is 9.80 Å². The number of nitrogens with zero attached hydrogens (tertiary/aromatic N) is 2. The molecule has 0 radical (unpaired) electrons. The molecule has 3 atom stereocenters. The maximum Gasteiger partial charge on any atom is 0.0452 e. The first-order valence-corrected chi connectivity index (χ1v) is 7.90. The molecule has 0 aliphatic carbocycles. The van der Waals surface area contributed by atoms with Gasteiger partial charge in [0.25, 0.3) is 0 Å². The summed E-state index contributed by atoms with van der Waals surface area (Å²) in [4.78, 5) is 5.13. The normalized spacial score (nSPS) is 32.0. The van der Waals surface area contributed by atoms with E-state index in [-0.39, 0.29) is 0 Å². The number of rotatable bonds is 2. The molecule has 1 N–H and O–H groups in total. The van der Waals surface area contributed by atoms with Crippen LogP contribution >= 0.6 is 0 Å². The summed E-state index contributed by atoms with van der Waals surface area (Å²) >= 11 is 0. The number of fused-ring (bicyclic) bond motifs is 1. The van der Waals surface area contributed by atoms with Gasteiger partial charge in [-0.15, -0.1) is 0 Å². The van der Waals surface area contributed by atoms with Crippen LogP contribution in [0, 0.1) is 0 Å². The van der Waals surface area contributed by atoms with Gasteiger partial charge in [-0.05, 0) is 45.0 Å². The molecular weight excluding hydrogens is 246 g/mol. The average Bonchev–Trinajstić information content (AvgIpc) is 2.45. The molecule has 2 aliphatic heterocycles. The van der Waals surface area contributed by atoms with E-state index in [4.69, 9.17) is 0 Å². The summed E-state index contributed by atoms with van der Waals surface area (Å²) in [6.45, 7) is 9.29. The van der Waals surface area contributed by atoms with Gasteiger partial charge in [-0.2, -0.15) is 0 Å². The first-order valence-electron chi connectivity index (χ1n) is 7.90. The Hall–Kier alpha value is -0.900. The molecule has 0 bridgehead atoms. The lowest BCUT2D eigenvalue weighted by atomic mass is 9.93. The van der Waals surface area contributed by atoms with Crippen molar-refractivity contribution in [1.82, 2.24) is 15.1 Å². The van der Waals surface area contributed by atoms with E-state index in [0.29, 0.717) is 18.1 Å². The van der Waals surface area contributed by atoms with Gasteiger partial charge >= 0.3 is 0 Å². The molecule has 2 aliphatic rings. The van der Waals surface area contributed by atoms with E-state index in [2.05, 4.69) is 60.3 Å². The van der Waals surface area contributed by atoms with E-state index in [1.807, 2.05) is 0 Å². The molecule has 0 aromatic heterocycles. The lowest BCUT2D eigenvalue weighted by Gasteiger charge is -2.44. The Balaban J connectivity index is 1.70. The predicted octanol–water partition coefficient (Wildman–Crippen LogP) is 1.90. The summed E-state index contributed by atoms with van der Waals surface area (Å²) in [5.41, 5.74) is 3.05. The molecule has 110 valence electrons. The summed E-state index contributed by atoms with van der Waals surface area (Å²) in [5.74, 6) is 0. The molecule has 20 heavy (non-hydrogen) atoms. The van der Waals surface area contributed by atoms with Crippen LogP contribution < -0.4 is 5.32 Å². The minimum absolute atomic E-state index is 0.503. The SMILES string of the molecule is CC1CN(CC2NCCc3ccccc32)CC(C)N1C. The number of likely N-dealkylation sites (N-methyl/N-ethyl adjacent to an activating group) is 1. The van der Waals surface area contributed by atoms with E-state index in [1.54, 1.807) is 0 Å². The fourth-order valence-corrected chi connectivity index (χ4v) is 3.68. The topological polar surface area (TPSA) is 18.5 Å². The number of piperazine rings is 1. The first kappa shape index (κ1) is 14.1. The number of nitrogens with one attached hydrogen (secondary N) is 1. The number of benzene rings is 1. The van der Waals surface area contributed by atoms with Crippen molar-refractivity contribution in [2.45, 2.75) is 38.4 Å².